The maximum atomic E-state index is 13.3. The number of halogens is 2. The molecule has 0 spiro atoms. The van der Waals surface area contributed by atoms with Crippen LogP contribution in [0.3, 0.4) is 0 Å². The van der Waals surface area contributed by atoms with E-state index in [9.17, 15) is 28.0 Å². The smallest absolute Gasteiger partial charge is 0.251 e. The lowest BCUT2D eigenvalue weighted by atomic mass is 9.97. The van der Waals surface area contributed by atoms with Gasteiger partial charge in [-0.1, -0.05) is 58.5 Å². The zero-order valence-electron chi connectivity index (χ0n) is 30.1. The fourth-order valence-corrected chi connectivity index (χ4v) is 5.37. The van der Waals surface area contributed by atoms with E-state index in [1.54, 1.807) is 27.9 Å². The molecule has 2 aliphatic heterocycles. The van der Waals surface area contributed by atoms with Crippen molar-refractivity contribution in [1.29, 1.82) is 0 Å². The molecule has 2 aliphatic rings. The molecule has 1 aromatic carbocycles. The van der Waals surface area contributed by atoms with Gasteiger partial charge in [-0.15, -0.1) is 0 Å². The van der Waals surface area contributed by atoms with E-state index in [1.165, 1.54) is 18.9 Å². The molecule has 0 radical (unpaired) electrons. The number of amides is 4. The molecule has 11 nitrogen and oxygen atoms in total. The molecule has 0 aliphatic carbocycles. The van der Waals surface area contributed by atoms with Crippen molar-refractivity contribution in [2.24, 2.45) is 5.92 Å². The fourth-order valence-electron chi connectivity index (χ4n) is 5.37. The lowest BCUT2D eigenvalue weighted by Gasteiger charge is -2.36. The van der Waals surface area contributed by atoms with Gasteiger partial charge in [0.15, 0.2) is 0 Å². The largest absolute Gasteiger partial charge is 0.384 e. The van der Waals surface area contributed by atoms with Gasteiger partial charge in [-0.2, -0.15) is 0 Å². The molecule has 13 heteroatoms. The maximum Gasteiger partial charge on any atom is 0.251 e. The average molecular weight is 701 g/mol. The fraction of sp³-hybridized carbons (Fsp3) is 0.722. The molecular formula is C36H62F2N4O7. The molecule has 5 atom stereocenters. The minimum atomic E-state index is -2.73. The summed E-state index contributed by atoms with van der Waals surface area (Å²) >= 11 is 0. The summed E-state index contributed by atoms with van der Waals surface area (Å²) in [4.78, 5) is 51.7. The predicted molar refractivity (Wildman–Crippen MR) is 187 cm³/mol. The molecule has 2 fully saturated rings. The minimum absolute atomic E-state index is 0. The quantitative estimate of drug-likeness (QED) is 0.302. The second kappa shape index (κ2) is 24.1. The van der Waals surface area contributed by atoms with Crippen LogP contribution in [0.5, 0.6) is 0 Å². The number of methoxy groups -OCH3 is 2. The molecule has 1 aromatic rings. The summed E-state index contributed by atoms with van der Waals surface area (Å²) in [7, 11) is 3.21. The lowest BCUT2D eigenvalue weighted by Crippen LogP contribution is -2.56. The number of carbonyl (C=O) groups excluding carboxylic acids is 4. The average Bonchev–Trinajstić information content (AvgIpc) is 3.09. The number of rotatable bonds is 13. The SMILES string of the molecule is C.CC.CCC(=O)NC(C(=O)N1CCC(F)(F)CC1)C(C)OCc1ccccc1.COCC1CCCN(C(=O)C(NC(C)=O)C(C)OC)C1. The van der Waals surface area contributed by atoms with Gasteiger partial charge in [-0.25, -0.2) is 8.78 Å². The van der Waals surface area contributed by atoms with Crippen LogP contribution in [0.25, 0.3) is 0 Å². The van der Waals surface area contributed by atoms with Crippen molar-refractivity contribution in [2.75, 3.05) is 47.0 Å². The number of hydrogen-bond acceptors (Lipinski definition) is 7. The van der Waals surface area contributed by atoms with Crippen molar-refractivity contribution in [3.63, 3.8) is 0 Å². The van der Waals surface area contributed by atoms with Gasteiger partial charge in [-0.3, -0.25) is 19.2 Å². The van der Waals surface area contributed by atoms with Crippen LogP contribution >= 0.6 is 0 Å². The minimum Gasteiger partial charge on any atom is -0.384 e. The van der Waals surface area contributed by atoms with Crippen LogP contribution in [0.2, 0.25) is 0 Å². The summed E-state index contributed by atoms with van der Waals surface area (Å²) < 4.78 is 42.8. The van der Waals surface area contributed by atoms with Crippen molar-refractivity contribution < 1.29 is 42.2 Å². The van der Waals surface area contributed by atoms with E-state index in [-0.39, 0.29) is 69.5 Å². The van der Waals surface area contributed by atoms with Crippen LogP contribution in [0.15, 0.2) is 30.3 Å². The van der Waals surface area contributed by atoms with E-state index in [2.05, 4.69) is 10.6 Å². The molecule has 2 saturated heterocycles. The van der Waals surface area contributed by atoms with Crippen LogP contribution in [-0.4, -0.2) is 111 Å². The molecule has 3 rings (SSSR count). The second-order valence-electron chi connectivity index (χ2n) is 11.9. The Balaban J connectivity index is 0.000000905. The van der Waals surface area contributed by atoms with Gasteiger partial charge < -0.3 is 34.6 Å². The normalized spacial score (nSPS) is 19.2. The third-order valence-corrected chi connectivity index (χ3v) is 8.23. The Hall–Kier alpha value is -3.16. The maximum absolute atomic E-state index is 13.3. The summed E-state index contributed by atoms with van der Waals surface area (Å²) in [6, 6.07) is 7.96. The number of piperidine rings is 2. The van der Waals surface area contributed by atoms with Gasteiger partial charge >= 0.3 is 0 Å². The number of ether oxygens (including phenoxy) is 3. The monoisotopic (exact) mass is 700 g/mol. The summed E-state index contributed by atoms with van der Waals surface area (Å²) in [6.45, 7) is 12.9. The third kappa shape index (κ3) is 16.4. The van der Waals surface area contributed by atoms with Crippen molar-refractivity contribution in [3.8, 4) is 0 Å². The van der Waals surface area contributed by atoms with Crippen LogP contribution in [-0.2, 0) is 40.0 Å². The van der Waals surface area contributed by atoms with Crippen LogP contribution in [0, 0.1) is 5.92 Å². The van der Waals surface area contributed by atoms with Crippen molar-refractivity contribution in [2.45, 2.75) is 118 Å². The van der Waals surface area contributed by atoms with E-state index < -0.39 is 24.1 Å². The Morgan fingerprint density at radius 1 is 0.918 bits per heavy atom. The molecule has 49 heavy (non-hydrogen) atoms. The predicted octanol–water partition coefficient (Wildman–Crippen LogP) is 4.82. The zero-order chi connectivity index (χ0) is 36.3. The Kier molecular flexibility index (Phi) is 22.5. The summed E-state index contributed by atoms with van der Waals surface area (Å²) in [6.07, 6.45) is 0.623. The van der Waals surface area contributed by atoms with Crippen molar-refractivity contribution >= 4 is 23.6 Å². The number of alkyl halides is 2. The van der Waals surface area contributed by atoms with E-state index in [0.717, 1.165) is 24.9 Å². The third-order valence-electron chi connectivity index (χ3n) is 8.23. The number of hydrogen-bond donors (Lipinski definition) is 2. The first-order valence-electron chi connectivity index (χ1n) is 17.0. The Labute approximate surface area is 292 Å². The highest BCUT2D eigenvalue weighted by molar-refractivity contribution is 5.88. The van der Waals surface area contributed by atoms with Crippen molar-refractivity contribution in [1.82, 2.24) is 20.4 Å². The van der Waals surface area contributed by atoms with E-state index >= 15 is 0 Å². The lowest BCUT2D eigenvalue weighted by molar-refractivity contribution is -0.146. The van der Waals surface area contributed by atoms with E-state index in [0.29, 0.717) is 25.7 Å². The van der Waals surface area contributed by atoms with Gasteiger partial charge in [0.2, 0.25) is 23.6 Å². The Morgan fingerprint density at radius 2 is 1.49 bits per heavy atom. The number of nitrogens with one attached hydrogen (secondary N) is 2. The zero-order valence-corrected chi connectivity index (χ0v) is 30.1. The standard InChI is InChI=1S/C19H26F2N2O3.C14H26N2O4.C2H6.CH4/c1-3-16(24)22-17(14(2)26-13-15-7-5-4-6-8-15)18(25)23-11-9-19(20,21)10-12-23;1-10(20-4)13(15-11(2)17)14(18)16-7-5-6-12(8-16)9-19-3;1-2;/h4-8,14,17H,3,9-13H2,1-2H3,(H,22,24);10,12-13H,5-9H2,1-4H3,(H,15,17);1-2H3;1H4. The first-order chi connectivity index (χ1) is 22.8. The molecular weight excluding hydrogens is 638 g/mol. The number of nitrogens with zero attached hydrogens (tertiary/aromatic N) is 2. The summed E-state index contributed by atoms with van der Waals surface area (Å²) in [5.41, 5.74) is 0.949. The highest BCUT2D eigenvalue weighted by Gasteiger charge is 2.39. The molecule has 4 amide bonds. The highest BCUT2D eigenvalue weighted by Crippen LogP contribution is 2.28. The van der Waals surface area contributed by atoms with Gasteiger partial charge in [-0.05, 0) is 38.2 Å². The Bertz CT molecular complexity index is 1100. The van der Waals surface area contributed by atoms with Crippen LogP contribution in [0.4, 0.5) is 8.78 Å². The van der Waals surface area contributed by atoms with Gasteiger partial charge in [0.1, 0.15) is 12.1 Å². The molecule has 5 unspecified atom stereocenters. The van der Waals surface area contributed by atoms with Crippen LogP contribution in [0.1, 0.15) is 86.6 Å². The number of benzene rings is 1. The van der Waals surface area contributed by atoms with E-state index in [4.69, 9.17) is 14.2 Å². The van der Waals surface area contributed by atoms with Gasteiger partial charge in [0.25, 0.3) is 5.92 Å². The topological polar surface area (TPSA) is 127 Å². The summed E-state index contributed by atoms with van der Waals surface area (Å²) in [5.74, 6) is -3.31. The number of likely N-dealkylation sites (tertiary alicyclic amines) is 2. The molecule has 0 aromatic heterocycles. The summed E-state index contributed by atoms with van der Waals surface area (Å²) in [5, 5.41) is 5.37. The van der Waals surface area contributed by atoms with Crippen molar-refractivity contribution in [3.05, 3.63) is 35.9 Å². The molecule has 282 valence electrons. The molecule has 2 N–H and O–H groups in total. The Morgan fingerprint density at radius 3 is 2.02 bits per heavy atom. The first kappa shape index (κ1) is 45.8. The highest BCUT2D eigenvalue weighted by atomic mass is 19.3. The molecule has 2 heterocycles. The molecule has 0 bridgehead atoms. The van der Waals surface area contributed by atoms with E-state index in [1.807, 2.05) is 49.1 Å². The van der Waals surface area contributed by atoms with Crippen LogP contribution < -0.4 is 10.6 Å². The number of carbonyl (C=O) groups is 4. The molecule has 0 saturated carbocycles. The first-order valence-corrected chi connectivity index (χ1v) is 17.0. The van der Waals surface area contributed by atoms with Gasteiger partial charge in [0, 0.05) is 66.6 Å². The second-order valence-corrected chi connectivity index (χ2v) is 11.9. The van der Waals surface area contributed by atoms with Gasteiger partial charge in [0.05, 0.1) is 25.4 Å².